The summed E-state index contributed by atoms with van der Waals surface area (Å²) in [6, 6.07) is 5.19. The SMILES string of the molecule is CC.CCCC(/C=C\C(=O)CC)CCC.CCc1cc(C)ccc1F. The molecule has 0 aliphatic carbocycles. The molecule has 0 fully saturated rings. The van der Waals surface area contributed by atoms with Crippen LogP contribution >= 0.6 is 0 Å². The second-order valence-corrected chi connectivity index (χ2v) is 5.96. The minimum Gasteiger partial charge on any atom is -0.295 e. The van der Waals surface area contributed by atoms with Gasteiger partial charge in [-0.1, -0.05) is 78.2 Å². The van der Waals surface area contributed by atoms with E-state index in [1.54, 1.807) is 12.1 Å². The highest BCUT2D eigenvalue weighted by atomic mass is 19.1. The average Bonchev–Trinajstić information content (AvgIpc) is 2.64. The van der Waals surface area contributed by atoms with E-state index in [2.05, 4.69) is 19.9 Å². The maximum absolute atomic E-state index is 12.8. The molecule has 1 aromatic carbocycles. The average molecular weight is 351 g/mol. The van der Waals surface area contributed by atoms with Gasteiger partial charge in [0.05, 0.1) is 0 Å². The molecule has 0 saturated carbocycles. The van der Waals surface area contributed by atoms with Crippen molar-refractivity contribution in [3.05, 3.63) is 47.3 Å². The molecule has 0 N–H and O–H groups in total. The third-order valence-corrected chi connectivity index (χ3v) is 3.80. The van der Waals surface area contributed by atoms with Crippen molar-refractivity contribution in [1.82, 2.24) is 0 Å². The Morgan fingerprint density at radius 1 is 1.08 bits per heavy atom. The third kappa shape index (κ3) is 13.5. The Balaban J connectivity index is 0. The molecule has 2 heteroatoms. The lowest BCUT2D eigenvalue weighted by Crippen LogP contribution is -1.97. The number of halogens is 1. The number of aryl methyl sites for hydroxylation is 2. The number of hydrogen-bond donors (Lipinski definition) is 0. The van der Waals surface area contributed by atoms with Crippen LogP contribution in [0.1, 0.15) is 84.8 Å². The first-order valence-corrected chi connectivity index (χ1v) is 9.94. The van der Waals surface area contributed by atoms with Crippen molar-refractivity contribution in [3.63, 3.8) is 0 Å². The maximum Gasteiger partial charge on any atom is 0.155 e. The molecule has 0 aliphatic heterocycles. The van der Waals surface area contributed by atoms with Gasteiger partial charge in [-0.25, -0.2) is 4.39 Å². The number of carbonyl (C=O) groups excluding carboxylic acids is 1. The van der Waals surface area contributed by atoms with Crippen molar-refractivity contribution in [2.75, 3.05) is 0 Å². The molecule has 0 aliphatic rings. The molecule has 0 amide bonds. The summed E-state index contributed by atoms with van der Waals surface area (Å²) in [5, 5.41) is 0. The minimum absolute atomic E-state index is 0.0897. The first-order valence-electron chi connectivity index (χ1n) is 9.94. The Morgan fingerprint density at radius 2 is 1.64 bits per heavy atom. The normalized spacial score (nSPS) is 10.1. The van der Waals surface area contributed by atoms with E-state index in [1.165, 1.54) is 31.7 Å². The smallest absolute Gasteiger partial charge is 0.155 e. The Morgan fingerprint density at radius 3 is 2.04 bits per heavy atom. The van der Waals surface area contributed by atoms with Crippen molar-refractivity contribution >= 4 is 5.78 Å². The fraction of sp³-hybridized carbons (Fsp3) is 0.609. The van der Waals surface area contributed by atoms with Gasteiger partial charge >= 0.3 is 0 Å². The molecule has 1 aromatic rings. The van der Waals surface area contributed by atoms with Crippen LogP contribution < -0.4 is 0 Å². The van der Waals surface area contributed by atoms with Crippen LogP contribution in [0.4, 0.5) is 4.39 Å². The molecular formula is C23H39FO. The quantitative estimate of drug-likeness (QED) is 0.445. The van der Waals surface area contributed by atoms with Crippen LogP contribution in [0.25, 0.3) is 0 Å². The topological polar surface area (TPSA) is 17.1 Å². The van der Waals surface area contributed by atoms with E-state index in [-0.39, 0.29) is 11.6 Å². The molecule has 0 heterocycles. The third-order valence-electron chi connectivity index (χ3n) is 3.80. The summed E-state index contributed by atoms with van der Waals surface area (Å²) >= 11 is 0. The fourth-order valence-electron chi connectivity index (χ4n) is 2.41. The lowest BCUT2D eigenvalue weighted by molar-refractivity contribution is -0.114. The Bertz CT molecular complexity index is 471. The van der Waals surface area contributed by atoms with Gasteiger partial charge in [-0.3, -0.25) is 4.79 Å². The molecular weight excluding hydrogens is 311 g/mol. The van der Waals surface area contributed by atoms with E-state index in [0.717, 1.165) is 17.5 Å². The van der Waals surface area contributed by atoms with Gasteiger partial charge in [0.25, 0.3) is 0 Å². The molecule has 0 radical (unpaired) electrons. The van der Waals surface area contributed by atoms with Gasteiger partial charge in [0.1, 0.15) is 5.82 Å². The van der Waals surface area contributed by atoms with E-state index in [9.17, 15) is 9.18 Å². The Hall–Kier alpha value is -1.44. The number of rotatable bonds is 8. The number of carbonyl (C=O) groups is 1. The summed E-state index contributed by atoms with van der Waals surface area (Å²) in [7, 11) is 0. The zero-order chi connectivity index (χ0) is 19.7. The zero-order valence-electron chi connectivity index (χ0n) is 17.5. The molecule has 1 rings (SSSR count). The van der Waals surface area contributed by atoms with Gasteiger partial charge in [0.15, 0.2) is 5.78 Å². The molecule has 0 bridgehead atoms. The fourth-order valence-corrected chi connectivity index (χ4v) is 2.41. The first kappa shape index (κ1) is 25.8. The van der Waals surface area contributed by atoms with E-state index in [1.807, 2.05) is 40.7 Å². The zero-order valence-corrected chi connectivity index (χ0v) is 17.5. The van der Waals surface area contributed by atoms with Crippen molar-refractivity contribution in [3.8, 4) is 0 Å². The molecule has 0 spiro atoms. The van der Waals surface area contributed by atoms with Crippen LogP contribution in [-0.4, -0.2) is 5.78 Å². The largest absolute Gasteiger partial charge is 0.295 e. The van der Waals surface area contributed by atoms with E-state index >= 15 is 0 Å². The van der Waals surface area contributed by atoms with Crippen LogP contribution in [-0.2, 0) is 11.2 Å². The minimum atomic E-state index is -0.0897. The Labute approximate surface area is 155 Å². The lowest BCUT2D eigenvalue weighted by atomic mass is 9.97. The van der Waals surface area contributed by atoms with Gasteiger partial charge in [0.2, 0.25) is 0 Å². The summed E-state index contributed by atoms with van der Waals surface area (Å²) in [5.41, 5.74) is 1.93. The van der Waals surface area contributed by atoms with Crippen molar-refractivity contribution in [2.24, 2.45) is 5.92 Å². The van der Waals surface area contributed by atoms with Gasteiger partial charge in [-0.15, -0.1) is 0 Å². The monoisotopic (exact) mass is 350 g/mol. The van der Waals surface area contributed by atoms with Gasteiger partial charge in [-0.2, -0.15) is 0 Å². The highest BCUT2D eigenvalue weighted by molar-refractivity contribution is 5.89. The first-order chi connectivity index (χ1) is 12.0. The highest BCUT2D eigenvalue weighted by Crippen LogP contribution is 2.14. The maximum atomic E-state index is 12.8. The van der Waals surface area contributed by atoms with E-state index in [0.29, 0.717) is 12.3 Å². The lowest BCUT2D eigenvalue weighted by Gasteiger charge is -2.08. The van der Waals surface area contributed by atoms with Crippen LogP contribution in [0.3, 0.4) is 0 Å². The Kier molecular flexibility index (Phi) is 17.9. The number of ketones is 1. The van der Waals surface area contributed by atoms with Gasteiger partial charge in [-0.05, 0) is 49.8 Å². The number of allylic oxidation sites excluding steroid dienone is 2. The molecule has 0 saturated heterocycles. The van der Waals surface area contributed by atoms with Crippen LogP contribution in [0, 0.1) is 18.7 Å². The summed E-state index contributed by atoms with van der Waals surface area (Å²) < 4.78 is 12.8. The van der Waals surface area contributed by atoms with Crippen molar-refractivity contribution < 1.29 is 9.18 Å². The molecule has 1 nitrogen and oxygen atoms in total. The summed E-state index contributed by atoms with van der Waals surface area (Å²) in [6.07, 6.45) is 10.1. The van der Waals surface area contributed by atoms with E-state index in [4.69, 9.17) is 0 Å². The molecule has 144 valence electrons. The molecule has 25 heavy (non-hydrogen) atoms. The number of hydrogen-bond acceptors (Lipinski definition) is 1. The highest BCUT2D eigenvalue weighted by Gasteiger charge is 2.02. The number of benzene rings is 1. The molecule has 0 unspecified atom stereocenters. The van der Waals surface area contributed by atoms with E-state index < -0.39 is 0 Å². The molecule has 0 aromatic heterocycles. The standard InChI is InChI=1S/C12H22O.C9H11F.C2H6/c1-4-7-11(8-5-2)9-10-12(13)6-3;1-3-8-6-7(2)4-5-9(8)10;1-2/h9-11H,4-8H2,1-3H3;4-6H,3H2,1-2H3;1-2H3/b10-9-;;. The van der Waals surface area contributed by atoms with Crippen LogP contribution in [0.15, 0.2) is 30.4 Å². The van der Waals surface area contributed by atoms with Crippen LogP contribution in [0.2, 0.25) is 0 Å². The summed E-state index contributed by atoms with van der Waals surface area (Å²) in [6.45, 7) is 14.2. The summed E-state index contributed by atoms with van der Waals surface area (Å²) in [4.78, 5) is 11.0. The van der Waals surface area contributed by atoms with Gasteiger partial charge in [0, 0.05) is 6.42 Å². The second kappa shape index (κ2) is 17.4. The predicted octanol–water partition coefficient (Wildman–Crippen LogP) is 7.46. The predicted molar refractivity (Wildman–Crippen MR) is 110 cm³/mol. The molecule has 0 atom stereocenters. The summed E-state index contributed by atoms with van der Waals surface area (Å²) in [5.74, 6) is 0.774. The van der Waals surface area contributed by atoms with Crippen LogP contribution in [0.5, 0.6) is 0 Å². The van der Waals surface area contributed by atoms with Crippen molar-refractivity contribution in [1.29, 1.82) is 0 Å². The second-order valence-electron chi connectivity index (χ2n) is 5.96. The van der Waals surface area contributed by atoms with Gasteiger partial charge < -0.3 is 0 Å². The van der Waals surface area contributed by atoms with Crippen molar-refractivity contribution in [2.45, 2.75) is 87.0 Å².